The summed E-state index contributed by atoms with van der Waals surface area (Å²) in [5.74, 6) is 0.425. The number of aromatic nitrogens is 1. The molecule has 2 heterocycles. The Balaban J connectivity index is 1.87. The summed E-state index contributed by atoms with van der Waals surface area (Å²) in [6.45, 7) is 3.02. The van der Waals surface area contributed by atoms with E-state index in [1.807, 2.05) is 24.3 Å². The zero-order chi connectivity index (χ0) is 13.2. The van der Waals surface area contributed by atoms with E-state index >= 15 is 0 Å². The highest BCUT2D eigenvalue weighted by molar-refractivity contribution is 6.03. The van der Waals surface area contributed by atoms with E-state index in [-0.39, 0.29) is 11.9 Å². The van der Waals surface area contributed by atoms with Crippen molar-refractivity contribution in [1.82, 2.24) is 10.3 Å². The number of carbonyl (C=O) groups is 1. The predicted octanol–water partition coefficient (Wildman–Crippen LogP) is 2.17. The third-order valence-corrected chi connectivity index (χ3v) is 3.76. The number of anilines is 1. The van der Waals surface area contributed by atoms with E-state index in [9.17, 15) is 4.79 Å². The second kappa shape index (κ2) is 4.97. The molecule has 0 spiro atoms. The number of hydrogen-bond acceptors (Lipinski definition) is 3. The molecular weight excluding hydrogens is 238 g/mol. The van der Waals surface area contributed by atoms with Crippen molar-refractivity contribution in [2.24, 2.45) is 5.92 Å². The molecule has 0 bridgehead atoms. The first-order valence-corrected chi connectivity index (χ1v) is 6.63. The molecule has 1 aliphatic rings. The van der Waals surface area contributed by atoms with Gasteiger partial charge in [-0.15, -0.1) is 0 Å². The van der Waals surface area contributed by atoms with Gasteiger partial charge < -0.3 is 10.6 Å². The molecule has 1 aliphatic heterocycles. The van der Waals surface area contributed by atoms with E-state index in [2.05, 4.69) is 22.5 Å². The zero-order valence-electron chi connectivity index (χ0n) is 10.9. The quantitative estimate of drug-likeness (QED) is 0.864. The Morgan fingerprint density at radius 3 is 3.11 bits per heavy atom. The second-order valence-electron chi connectivity index (χ2n) is 5.09. The second-order valence-corrected chi connectivity index (χ2v) is 5.09. The molecule has 2 aromatic rings. The number of nitrogens with zero attached hydrogens (tertiary/aromatic N) is 1. The molecule has 1 aromatic heterocycles. The lowest BCUT2D eigenvalue weighted by atomic mass is 10.0. The normalized spacial score (nSPS) is 22.6. The Kier molecular flexibility index (Phi) is 3.17. The molecule has 2 atom stereocenters. The molecule has 3 rings (SSSR count). The van der Waals surface area contributed by atoms with Gasteiger partial charge in [-0.1, -0.05) is 19.1 Å². The highest BCUT2D eigenvalue weighted by Crippen LogP contribution is 2.23. The van der Waals surface area contributed by atoms with Crippen molar-refractivity contribution in [2.45, 2.75) is 19.4 Å². The van der Waals surface area contributed by atoms with E-state index in [1.165, 1.54) is 0 Å². The molecule has 0 aliphatic carbocycles. The zero-order valence-corrected chi connectivity index (χ0v) is 10.9. The maximum atomic E-state index is 12.3. The smallest absolute Gasteiger partial charge is 0.241 e. The lowest BCUT2D eigenvalue weighted by molar-refractivity contribution is -0.118. The summed E-state index contributed by atoms with van der Waals surface area (Å²) in [5, 5.41) is 8.32. The number of hydrogen-bond donors (Lipinski definition) is 2. The highest BCUT2D eigenvalue weighted by Gasteiger charge is 2.29. The van der Waals surface area contributed by atoms with Crippen molar-refractivity contribution in [3.05, 3.63) is 36.7 Å². The van der Waals surface area contributed by atoms with E-state index in [0.717, 1.165) is 29.4 Å². The van der Waals surface area contributed by atoms with E-state index in [4.69, 9.17) is 0 Å². The number of pyridine rings is 1. The number of benzene rings is 1. The first kappa shape index (κ1) is 12.1. The van der Waals surface area contributed by atoms with Crippen LogP contribution in [0.15, 0.2) is 36.7 Å². The van der Waals surface area contributed by atoms with Gasteiger partial charge in [0.25, 0.3) is 0 Å². The first-order valence-electron chi connectivity index (χ1n) is 6.63. The average Bonchev–Trinajstić information content (AvgIpc) is 2.85. The number of rotatable bonds is 2. The summed E-state index contributed by atoms with van der Waals surface area (Å²) in [5.41, 5.74) is 0.830. The summed E-state index contributed by atoms with van der Waals surface area (Å²) in [6, 6.07) is 7.74. The van der Waals surface area contributed by atoms with Crippen LogP contribution in [0.3, 0.4) is 0 Å². The molecule has 0 saturated carbocycles. The molecule has 1 fully saturated rings. The van der Waals surface area contributed by atoms with Crippen LogP contribution in [0.2, 0.25) is 0 Å². The minimum Gasteiger partial charge on any atom is -0.324 e. The van der Waals surface area contributed by atoms with Gasteiger partial charge in [0.15, 0.2) is 0 Å². The maximum absolute atomic E-state index is 12.3. The monoisotopic (exact) mass is 255 g/mol. The molecule has 4 heteroatoms. The van der Waals surface area contributed by atoms with E-state index in [0.29, 0.717) is 5.92 Å². The van der Waals surface area contributed by atoms with Crippen LogP contribution in [-0.4, -0.2) is 23.5 Å². The topological polar surface area (TPSA) is 54.0 Å². The number of nitrogens with one attached hydrogen (secondary N) is 2. The minimum absolute atomic E-state index is 0.0429. The van der Waals surface area contributed by atoms with Gasteiger partial charge in [0.05, 0.1) is 11.7 Å². The Morgan fingerprint density at radius 1 is 1.42 bits per heavy atom. The standard InChI is InChI=1S/C15H17N3O/c1-10-5-8-17-14(10)15(19)18-13-4-2-3-11-6-7-16-9-12(11)13/h2-4,6-7,9-10,14,17H,5,8H2,1H3,(H,18,19). The van der Waals surface area contributed by atoms with Crippen LogP contribution in [-0.2, 0) is 4.79 Å². The Morgan fingerprint density at radius 2 is 2.32 bits per heavy atom. The van der Waals surface area contributed by atoms with Crippen molar-refractivity contribution in [3.63, 3.8) is 0 Å². The van der Waals surface area contributed by atoms with Gasteiger partial charge in [-0.25, -0.2) is 0 Å². The van der Waals surface area contributed by atoms with Gasteiger partial charge in [-0.05, 0) is 36.4 Å². The van der Waals surface area contributed by atoms with E-state index < -0.39 is 0 Å². The Bertz CT molecular complexity index is 606. The largest absolute Gasteiger partial charge is 0.324 e. The summed E-state index contributed by atoms with van der Waals surface area (Å²) in [6.07, 6.45) is 4.60. The fourth-order valence-electron chi connectivity index (χ4n) is 2.62. The third kappa shape index (κ3) is 2.31. The average molecular weight is 255 g/mol. The van der Waals surface area contributed by atoms with Crippen molar-refractivity contribution in [2.75, 3.05) is 11.9 Å². The van der Waals surface area contributed by atoms with Gasteiger partial charge in [0.1, 0.15) is 0 Å². The van der Waals surface area contributed by atoms with Crippen LogP contribution >= 0.6 is 0 Å². The molecular formula is C15H17N3O. The first-order chi connectivity index (χ1) is 9.25. The van der Waals surface area contributed by atoms with Gasteiger partial charge >= 0.3 is 0 Å². The summed E-state index contributed by atoms with van der Waals surface area (Å²) in [4.78, 5) is 16.4. The Labute approximate surface area is 112 Å². The summed E-state index contributed by atoms with van der Waals surface area (Å²) >= 11 is 0. The van der Waals surface area contributed by atoms with Crippen molar-refractivity contribution < 1.29 is 4.79 Å². The third-order valence-electron chi connectivity index (χ3n) is 3.76. The lowest BCUT2D eigenvalue weighted by Gasteiger charge is -2.16. The van der Waals surface area contributed by atoms with Crippen molar-refractivity contribution in [1.29, 1.82) is 0 Å². The highest BCUT2D eigenvalue weighted by atomic mass is 16.2. The Hall–Kier alpha value is -1.94. The molecule has 0 radical (unpaired) electrons. The molecule has 98 valence electrons. The maximum Gasteiger partial charge on any atom is 0.241 e. The van der Waals surface area contributed by atoms with E-state index in [1.54, 1.807) is 12.4 Å². The van der Waals surface area contributed by atoms with Gasteiger partial charge in [0.2, 0.25) is 5.91 Å². The molecule has 4 nitrogen and oxygen atoms in total. The predicted molar refractivity (Wildman–Crippen MR) is 75.9 cm³/mol. The van der Waals surface area contributed by atoms with Crippen molar-refractivity contribution >= 4 is 22.4 Å². The fraction of sp³-hybridized carbons (Fsp3) is 0.333. The minimum atomic E-state index is -0.0908. The van der Waals surface area contributed by atoms with Gasteiger partial charge in [0, 0.05) is 17.8 Å². The SMILES string of the molecule is CC1CCNC1C(=O)Nc1cccc2ccncc12. The van der Waals surface area contributed by atoms with Gasteiger partial charge in [-0.2, -0.15) is 0 Å². The van der Waals surface area contributed by atoms with Crippen LogP contribution in [0.25, 0.3) is 10.8 Å². The number of amides is 1. The van der Waals surface area contributed by atoms with Crippen LogP contribution in [0.4, 0.5) is 5.69 Å². The van der Waals surface area contributed by atoms with Crippen LogP contribution in [0.1, 0.15) is 13.3 Å². The van der Waals surface area contributed by atoms with Crippen LogP contribution < -0.4 is 10.6 Å². The lowest BCUT2D eigenvalue weighted by Crippen LogP contribution is -2.39. The van der Waals surface area contributed by atoms with Crippen molar-refractivity contribution in [3.8, 4) is 0 Å². The number of fused-ring (bicyclic) bond motifs is 1. The molecule has 19 heavy (non-hydrogen) atoms. The van der Waals surface area contributed by atoms with Crippen LogP contribution in [0.5, 0.6) is 0 Å². The van der Waals surface area contributed by atoms with Gasteiger partial charge in [-0.3, -0.25) is 9.78 Å². The molecule has 1 saturated heterocycles. The summed E-state index contributed by atoms with van der Waals surface area (Å²) < 4.78 is 0. The fourth-order valence-corrected chi connectivity index (χ4v) is 2.62. The van der Waals surface area contributed by atoms with Crippen LogP contribution in [0, 0.1) is 5.92 Å². The molecule has 2 unspecified atom stereocenters. The number of carbonyl (C=O) groups excluding carboxylic acids is 1. The molecule has 2 N–H and O–H groups in total. The molecule has 1 aromatic carbocycles. The summed E-state index contributed by atoms with van der Waals surface area (Å²) in [7, 11) is 0. The molecule has 1 amide bonds.